The summed E-state index contributed by atoms with van der Waals surface area (Å²) in [5.41, 5.74) is 2.68. The fraction of sp³-hybridized carbons (Fsp3) is 0.462. The number of rotatable bonds is 2. The third-order valence-corrected chi connectivity index (χ3v) is 3.38. The summed E-state index contributed by atoms with van der Waals surface area (Å²) >= 11 is 0. The van der Waals surface area contributed by atoms with Crippen molar-refractivity contribution in [3.8, 4) is 0 Å². The lowest BCUT2D eigenvalue weighted by Crippen LogP contribution is -2.36. The summed E-state index contributed by atoms with van der Waals surface area (Å²) in [6.45, 7) is 4.34. The van der Waals surface area contributed by atoms with Crippen LogP contribution >= 0.6 is 0 Å². The van der Waals surface area contributed by atoms with E-state index >= 15 is 0 Å². The SMILES string of the molecule is CCC1(c2ccccc2)CC(C)=NN1C. The summed E-state index contributed by atoms with van der Waals surface area (Å²) in [5, 5.41) is 6.66. The van der Waals surface area contributed by atoms with Crippen molar-refractivity contribution in [1.82, 2.24) is 5.01 Å². The Hall–Kier alpha value is -1.31. The Bertz CT molecular complexity index is 369. The second-order valence-electron chi connectivity index (χ2n) is 4.29. The quantitative estimate of drug-likeness (QED) is 0.719. The van der Waals surface area contributed by atoms with Gasteiger partial charge in [0.25, 0.3) is 0 Å². The molecule has 15 heavy (non-hydrogen) atoms. The van der Waals surface area contributed by atoms with Crippen LogP contribution in [0, 0.1) is 0 Å². The van der Waals surface area contributed by atoms with Crippen LogP contribution in [0.4, 0.5) is 0 Å². The molecule has 1 heterocycles. The molecule has 2 heteroatoms. The molecule has 0 saturated heterocycles. The Balaban J connectivity index is 2.40. The standard InChI is InChI=1S/C13H18N2/c1-4-13(10-11(2)14-15(13)3)12-8-6-5-7-9-12/h5-9H,4,10H2,1-3H3. The molecule has 0 amide bonds. The van der Waals surface area contributed by atoms with Crippen molar-refractivity contribution in [3.63, 3.8) is 0 Å². The largest absolute Gasteiger partial charge is 0.289 e. The molecule has 0 radical (unpaired) electrons. The predicted molar refractivity (Wildman–Crippen MR) is 63.9 cm³/mol. The Morgan fingerprint density at radius 3 is 2.47 bits per heavy atom. The van der Waals surface area contributed by atoms with Crippen molar-refractivity contribution in [2.45, 2.75) is 32.2 Å². The number of benzene rings is 1. The molecule has 0 bridgehead atoms. The minimum absolute atomic E-state index is 0.0886. The summed E-state index contributed by atoms with van der Waals surface area (Å²) in [6.07, 6.45) is 2.14. The lowest BCUT2D eigenvalue weighted by molar-refractivity contribution is 0.146. The Morgan fingerprint density at radius 2 is 2.00 bits per heavy atom. The second kappa shape index (κ2) is 3.69. The Labute approximate surface area is 91.6 Å². The first kappa shape index (κ1) is 10.2. The molecule has 1 aliphatic rings. The first-order chi connectivity index (χ1) is 7.19. The number of hydrogen-bond acceptors (Lipinski definition) is 2. The molecule has 1 atom stereocenters. The minimum atomic E-state index is 0.0886. The van der Waals surface area contributed by atoms with Crippen LogP contribution in [0.2, 0.25) is 0 Å². The van der Waals surface area contributed by atoms with Crippen molar-refractivity contribution in [1.29, 1.82) is 0 Å². The molecule has 0 spiro atoms. The van der Waals surface area contributed by atoms with E-state index in [9.17, 15) is 0 Å². The number of nitrogens with zero attached hydrogens (tertiary/aromatic N) is 2. The Morgan fingerprint density at radius 1 is 1.33 bits per heavy atom. The van der Waals surface area contributed by atoms with Crippen LogP contribution in [-0.4, -0.2) is 17.8 Å². The molecule has 2 nitrogen and oxygen atoms in total. The molecule has 80 valence electrons. The van der Waals surface area contributed by atoms with E-state index in [0.717, 1.165) is 12.8 Å². The number of hydrogen-bond donors (Lipinski definition) is 0. The van der Waals surface area contributed by atoms with Crippen molar-refractivity contribution in [3.05, 3.63) is 35.9 Å². The molecule has 1 aromatic rings. The van der Waals surface area contributed by atoms with Crippen molar-refractivity contribution >= 4 is 5.71 Å². The van der Waals surface area contributed by atoms with E-state index in [1.165, 1.54) is 11.3 Å². The zero-order valence-electron chi connectivity index (χ0n) is 9.70. The van der Waals surface area contributed by atoms with E-state index in [0.29, 0.717) is 0 Å². The normalized spacial score (nSPS) is 25.5. The van der Waals surface area contributed by atoms with Gasteiger partial charge in [-0.05, 0) is 18.9 Å². The maximum atomic E-state index is 4.54. The van der Waals surface area contributed by atoms with E-state index in [2.05, 4.69) is 61.3 Å². The van der Waals surface area contributed by atoms with Crippen LogP contribution < -0.4 is 0 Å². The van der Waals surface area contributed by atoms with Crippen LogP contribution in [0.25, 0.3) is 0 Å². The van der Waals surface area contributed by atoms with Crippen LogP contribution in [-0.2, 0) is 5.54 Å². The van der Waals surface area contributed by atoms with Gasteiger partial charge in [-0.3, -0.25) is 5.01 Å². The second-order valence-corrected chi connectivity index (χ2v) is 4.29. The van der Waals surface area contributed by atoms with E-state index in [4.69, 9.17) is 0 Å². The monoisotopic (exact) mass is 202 g/mol. The molecule has 1 unspecified atom stereocenters. The molecule has 2 rings (SSSR count). The highest BCUT2D eigenvalue weighted by molar-refractivity contribution is 5.84. The van der Waals surface area contributed by atoms with Crippen LogP contribution in [0.1, 0.15) is 32.3 Å². The molecular formula is C13H18N2. The highest BCUT2D eigenvalue weighted by atomic mass is 15.5. The van der Waals surface area contributed by atoms with E-state index in [1.807, 2.05) is 0 Å². The molecule has 0 aliphatic carbocycles. The topological polar surface area (TPSA) is 15.6 Å². The summed E-state index contributed by atoms with van der Waals surface area (Å²) in [6, 6.07) is 10.7. The van der Waals surface area contributed by atoms with Gasteiger partial charge in [0.1, 0.15) is 0 Å². The van der Waals surface area contributed by atoms with E-state index < -0.39 is 0 Å². The van der Waals surface area contributed by atoms with Gasteiger partial charge >= 0.3 is 0 Å². The smallest absolute Gasteiger partial charge is 0.0874 e. The minimum Gasteiger partial charge on any atom is -0.289 e. The maximum Gasteiger partial charge on any atom is 0.0874 e. The van der Waals surface area contributed by atoms with Gasteiger partial charge in [0, 0.05) is 19.2 Å². The number of hydrazone groups is 1. The average Bonchev–Trinajstić information content (AvgIpc) is 2.56. The molecule has 0 aromatic heterocycles. The van der Waals surface area contributed by atoms with Gasteiger partial charge in [0.05, 0.1) is 5.54 Å². The van der Waals surface area contributed by atoms with Crippen molar-refractivity contribution in [2.24, 2.45) is 5.10 Å². The van der Waals surface area contributed by atoms with Crippen LogP contribution in [0.3, 0.4) is 0 Å². The van der Waals surface area contributed by atoms with Crippen molar-refractivity contribution < 1.29 is 0 Å². The fourth-order valence-electron chi connectivity index (χ4n) is 2.52. The average molecular weight is 202 g/mol. The lowest BCUT2D eigenvalue weighted by Gasteiger charge is -2.35. The third kappa shape index (κ3) is 1.54. The predicted octanol–water partition coefficient (Wildman–Crippen LogP) is 3.00. The molecule has 1 aromatic carbocycles. The van der Waals surface area contributed by atoms with Gasteiger partial charge in [-0.25, -0.2) is 0 Å². The third-order valence-electron chi connectivity index (χ3n) is 3.38. The molecular weight excluding hydrogens is 184 g/mol. The van der Waals surface area contributed by atoms with Gasteiger partial charge in [-0.15, -0.1) is 0 Å². The van der Waals surface area contributed by atoms with E-state index in [1.54, 1.807) is 0 Å². The summed E-state index contributed by atoms with van der Waals surface area (Å²) in [7, 11) is 2.08. The van der Waals surface area contributed by atoms with Gasteiger partial charge < -0.3 is 0 Å². The van der Waals surface area contributed by atoms with Gasteiger partial charge in [0.15, 0.2) is 0 Å². The first-order valence-corrected chi connectivity index (χ1v) is 5.52. The fourth-order valence-corrected chi connectivity index (χ4v) is 2.52. The highest BCUT2D eigenvalue weighted by Gasteiger charge is 2.39. The molecule has 0 N–H and O–H groups in total. The summed E-state index contributed by atoms with van der Waals surface area (Å²) in [4.78, 5) is 0. The van der Waals surface area contributed by atoms with Gasteiger partial charge in [-0.1, -0.05) is 37.3 Å². The van der Waals surface area contributed by atoms with Gasteiger partial charge in [-0.2, -0.15) is 5.10 Å². The Kier molecular flexibility index (Phi) is 2.51. The summed E-state index contributed by atoms with van der Waals surface area (Å²) < 4.78 is 0. The van der Waals surface area contributed by atoms with Crippen LogP contribution in [0.15, 0.2) is 35.4 Å². The molecule has 0 saturated carbocycles. The maximum absolute atomic E-state index is 4.54. The summed E-state index contributed by atoms with van der Waals surface area (Å²) in [5.74, 6) is 0. The molecule has 0 fully saturated rings. The van der Waals surface area contributed by atoms with E-state index in [-0.39, 0.29) is 5.54 Å². The first-order valence-electron chi connectivity index (χ1n) is 5.52. The van der Waals surface area contributed by atoms with Crippen molar-refractivity contribution in [2.75, 3.05) is 7.05 Å². The highest BCUT2D eigenvalue weighted by Crippen LogP contribution is 2.39. The lowest BCUT2D eigenvalue weighted by atomic mass is 9.83. The molecule has 1 aliphatic heterocycles. The zero-order valence-corrected chi connectivity index (χ0v) is 9.70. The van der Waals surface area contributed by atoms with Crippen LogP contribution in [0.5, 0.6) is 0 Å². The zero-order chi connectivity index (χ0) is 10.9. The van der Waals surface area contributed by atoms with Gasteiger partial charge in [0.2, 0.25) is 0 Å².